The summed E-state index contributed by atoms with van der Waals surface area (Å²) in [4.78, 5) is 8.97. The van der Waals surface area contributed by atoms with Gasteiger partial charge in [0.25, 0.3) is 0 Å². The van der Waals surface area contributed by atoms with Crippen LogP contribution in [0.2, 0.25) is 0 Å². The summed E-state index contributed by atoms with van der Waals surface area (Å²) in [5.41, 5.74) is 1.88. The molecule has 28 heavy (non-hydrogen) atoms. The average molecular weight is 391 g/mol. The summed E-state index contributed by atoms with van der Waals surface area (Å²) in [6.07, 6.45) is 4.83. The monoisotopic (exact) mass is 391 g/mol. The normalized spacial score (nSPS) is 13.8. The molecular weight excluding hydrogens is 365 g/mol. The molecule has 9 nitrogen and oxygen atoms in total. The van der Waals surface area contributed by atoms with Gasteiger partial charge in [-0.2, -0.15) is 14.6 Å². The van der Waals surface area contributed by atoms with E-state index < -0.39 is 12.7 Å². The van der Waals surface area contributed by atoms with E-state index in [1.807, 2.05) is 33.9 Å². The van der Waals surface area contributed by atoms with Gasteiger partial charge in [-0.1, -0.05) is 0 Å². The van der Waals surface area contributed by atoms with Crippen LogP contribution in [0.3, 0.4) is 0 Å². The highest BCUT2D eigenvalue weighted by molar-refractivity contribution is 5.74. The zero-order valence-corrected chi connectivity index (χ0v) is 16.8. The van der Waals surface area contributed by atoms with Crippen LogP contribution in [0.5, 0.6) is 5.75 Å². The summed E-state index contributed by atoms with van der Waals surface area (Å²) in [7, 11) is 0. The van der Waals surface area contributed by atoms with E-state index in [2.05, 4.69) is 25.5 Å². The number of aromatic nitrogens is 6. The van der Waals surface area contributed by atoms with Crippen molar-refractivity contribution in [3.8, 4) is 17.0 Å². The van der Waals surface area contributed by atoms with Crippen molar-refractivity contribution in [3.63, 3.8) is 0 Å². The minimum atomic E-state index is -0.522. The van der Waals surface area contributed by atoms with Crippen molar-refractivity contribution in [1.82, 2.24) is 29.4 Å². The summed E-state index contributed by atoms with van der Waals surface area (Å²) in [5, 5.41) is 11.6. The second-order valence-electron chi connectivity index (χ2n) is 6.76. The first-order valence-corrected chi connectivity index (χ1v) is 9.33. The maximum absolute atomic E-state index is 12.8. The second-order valence-corrected chi connectivity index (χ2v) is 6.76. The highest BCUT2D eigenvalue weighted by atomic mass is 19.1. The predicted molar refractivity (Wildman–Crippen MR) is 103 cm³/mol. The molecule has 3 aromatic heterocycles. The molecule has 3 heterocycles. The molecule has 3 rings (SSSR count). The maximum atomic E-state index is 12.8. The van der Waals surface area contributed by atoms with Crippen LogP contribution in [0.4, 0.5) is 10.3 Å². The van der Waals surface area contributed by atoms with E-state index >= 15 is 0 Å². The molecule has 0 fully saturated rings. The van der Waals surface area contributed by atoms with Gasteiger partial charge >= 0.3 is 0 Å². The van der Waals surface area contributed by atoms with Crippen molar-refractivity contribution in [2.75, 3.05) is 18.6 Å². The van der Waals surface area contributed by atoms with Crippen LogP contribution in [0, 0.1) is 0 Å². The first kappa shape index (κ1) is 20.0. The lowest BCUT2D eigenvalue weighted by atomic mass is 10.2. The van der Waals surface area contributed by atoms with Gasteiger partial charge in [-0.15, -0.1) is 5.10 Å². The van der Waals surface area contributed by atoms with Crippen molar-refractivity contribution < 1.29 is 13.9 Å². The molecule has 0 aliphatic heterocycles. The number of ether oxygens (including phenoxy) is 2. The number of anilines is 1. The highest BCUT2D eigenvalue weighted by Gasteiger charge is 2.20. The van der Waals surface area contributed by atoms with E-state index in [4.69, 9.17) is 9.47 Å². The number of nitrogens with one attached hydrogen (secondary N) is 1. The molecule has 0 aliphatic carbocycles. The van der Waals surface area contributed by atoms with Crippen molar-refractivity contribution in [2.45, 2.75) is 53.0 Å². The number of alkyl halides is 1. The molecule has 0 saturated heterocycles. The van der Waals surface area contributed by atoms with Gasteiger partial charge in [0, 0.05) is 18.4 Å². The number of fused-ring (bicyclic) bond motifs is 1. The number of halogens is 1. The summed E-state index contributed by atoms with van der Waals surface area (Å²) in [5.74, 6) is 0.813. The molecule has 10 heteroatoms. The third-order valence-electron chi connectivity index (χ3n) is 3.96. The maximum Gasteiger partial charge on any atom is 0.243 e. The molecule has 3 aromatic rings. The lowest BCUT2D eigenvalue weighted by molar-refractivity contribution is 0.0160. The molecule has 152 valence electrons. The molecule has 0 spiro atoms. The van der Waals surface area contributed by atoms with Crippen LogP contribution in [0.15, 0.2) is 18.7 Å². The number of hydrogen-bond acceptors (Lipinski definition) is 7. The van der Waals surface area contributed by atoms with E-state index in [0.717, 1.165) is 5.56 Å². The Labute approximate surface area is 162 Å². The standard InChI is InChI=1S/C18H26FN7O2/c1-6-27-13(5)25-9-14(8-21-25)15-16(28-11(2)3)17-23-18(22-12(4)7-19)24-26(17)10-20-15/h8-13H,6-7H2,1-5H3,(H,22,24)/t12-,13?/m0/s1. The molecule has 0 aromatic carbocycles. The quantitative estimate of drug-likeness (QED) is 0.599. The fourth-order valence-electron chi connectivity index (χ4n) is 2.68. The third kappa shape index (κ3) is 4.22. The molecule has 0 saturated carbocycles. The Morgan fingerprint density at radius 3 is 2.71 bits per heavy atom. The summed E-state index contributed by atoms with van der Waals surface area (Å²) < 4.78 is 27.6. The molecule has 0 amide bonds. The fraction of sp³-hybridized carbons (Fsp3) is 0.556. The Morgan fingerprint density at radius 1 is 1.25 bits per heavy atom. The predicted octanol–water partition coefficient (Wildman–Crippen LogP) is 3.10. The molecular formula is C18H26FN7O2. The summed E-state index contributed by atoms with van der Waals surface area (Å²) >= 11 is 0. The van der Waals surface area contributed by atoms with Crippen molar-refractivity contribution in [3.05, 3.63) is 18.7 Å². The highest BCUT2D eigenvalue weighted by Crippen LogP contribution is 2.32. The Hall–Kier alpha value is -2.75. The fourth-order valence-corrected chi connectivity index (χ4v) is 2.68. The summed E-state index contributed by atoms with van der Waals surface area (Å²) in [6, 6.07) is -0.391. The van der Waals surface area contributed by atoms with Crippen LogP contribution in [0.25, 0.3) is 16.9 Å². The Bertz CT molecular complexity index is 924. The van der Waals surface area contributed by atoms with Crippen LogP contribution < -0.4 is 10.1 Å². The zero-order valence-electron chi connectivity index (χ0n) is 16.8. The minimum absolute atomic E-state index is 0.0954. The van der Waals surface area contributed by atoms with E-state index in [1.54, 1.807) is 24.1 Å². The lowest BCUT2D eigenvalue weighted by Crippen LogP contribution is -2.17. The first-order chi connectivity index (χ1) is 13.4. The van der Waals surface area contributed by atoms with Gasteiger partial charge in [0.2, 0.25) is 11.6 Å². The van der Waals surface area contributed by atoms with Gasteiger partial charge in [0.1, 0.15) is 24.9 Å². The molecule has 0 aliphatic rings. The second kappa shape index (κ2) is 8.51. The van der Waals surface area contributed by atoms with Gasteiger partial charge in [0.15, 0.2) is 5.75 Å². The van der Waals surface area contributed by atoms with Crippen molar-refractivity contribution in [2.24, 2.45) is 0 Å². The third-order valence-corrected chi connectivity index (χ3v) is 3.96. The molecule has 0 radical (unpaired) electrons. The largest absolute Gasteiger partial charge is 0.485 e. The topological polar surface area (TPSA) is 91.4 Å². The Kier molecular flexibility index (Phi) is 6.08. The molecule has 2 atom stereocenters. The van der Waals surface area contributed by atoms with Crippen LogP contribution in [0.1, 0.15) is 40.8 Å². The van der Waals surface area contributed by atoms with E-state index in [9.17, 15) is 4.39 Å². The van der Waals surface area contributed by atoms with Gasteiger partial charge in [-0.3, -0.25) is 0 Å². The number of hydrogen-bond donors (Lipinski definition) is 1. The van der Waals surface area contributed by atoms with Crippen LogP contribution >= 0.6 is 0 Å². The number of nitrogens with zero attached hydrogens (tertiary/aromatic N) is 6. The van der Waals surface area contributed by atoms with Gasteiger partial charge in [-0.05, 0) is 34.6 Å². The minimum Gasteiger partial charge on any atom is -0.485 e. The van der Waals surface area contributed by atoms with Gasteiger partial charge < -0.3 is 14.8 Å². The summed E-state index contributed by atoms with van der Waals surface area (Å²) in [6.45, 7) is 9.50. The first-order valence-electron chi connectivity index (χ1n) is 9.33. The Balaban J connectivity index is 2.04. The lowest BCUT2D eigenvalue weighted by Gasteiger charge is -2.13. The van der Waals surface area contributed by atoms with E-state index in [1.165, 1.54) is 4.52 Å². The Morgan fingerprint density at radius 2 is 2.04 bits per heavy atom. The molecule has 1 N–H and O–H groups in total. The van der Waals surface area contributed by atoms with Crippen LogP contribution in [-0.2, 0) is 4.74 Å². The SMILES string of the molecule is CCOC(C)n1cc(-c2ncn3nc(N[C@@H](C)CF)nc3c2OC(C)C)cn1. The number of rotatable bonds is 9. The average Bonchev–Trinajstić information content (AvgIpc) is 3.28. The van der Waals surface area contributed by atoms with Crippen molar-refractivity contribution >= 4 is 11.6 Å². The zero-order chi connectivity index (χ0) is 20.3. The van der Waals surface area contributed by atoms with Crippen LogP contribution in [-0.4, -0.2) is 54.8 Å². The molecule has 0 bridgehead atoms. The van der Waals surface area contributed by atoms with E-state index in [-0.39, 0.29) is 12.3 Å². The van der Waals surface area contributed by atoms with E-state index in [0.29, 0.717) is 29.6 Å². The van der Waals surface area contributed by atoms with Crippen molar-refractivity contribution in [1.29, 1.82) is 0 Å². The smallest absolute Gasteiger partial charge is 0.243 e. The van der Waals surface area contributed by atoms with Gasteiger partial charge in [-0.25, -0.2) is 14.1 Å². The van der Waals surface area contributed by atoms with Gasteiger partial charge in [0.05, 0.1) is 18.3 Å². The molecule has 1 unspecified atom stereocenters.